The molecule has 0 aliphatic rings. The molecule has 0 spiro atoms. The number of nitrogens with zero attached hydrogens (tertiary/aromatic N) is 1. The third-order valence-electron chi connectivity index (χ3n) is 3.14. The quantitative estimate of drug-likeness (QED) is 0.597. The van der Waals surface area contributed by atoms with Crippen molar-refractivity contribution in [2.24, 2.45) is 5.10 Å². The Morgan fingerprint density at radius 1 is 1.20 bits per heavy atom. The van der Waals surface area contributed by atoms with Crippen molar-refractivity contribution < 1.29 is 19.0 Å². The molecule has 0 fully saturated rings. The maximum atomic E-state index is 11.2. The second-order valence-corrected chi connectivity index (χ2v) is 5.35. The first kappa shape index (κ1) is 18.6. The van der Waals surface area contributed by atoms with Crippen molar-refractivity contribution >= 4 is 23.9 Å². The van der Waals surface area contributed by atoms with Crippen LogP contribution in [0.5, 0.6) is 11.5 Å². The summed E-state index contributed by atoms with van der Waals surface area (Å²) in [6.45, 7) is 2.40. The number of nitrogens with one attached hydrogen (secondary N) is 1. The van der Waals surface area contributed by atoms with Gasteiger partial charge in [-0.2, -0.15) is 5.10 Å². The van der Waals surface area contributed by atoms with E-state index in [0.29, 0.717) is 23.1 Å². The smallest absolute Gasteiger partial charge is 0.427 e. The fourth-order valence-electron chi connectivity index (χ4n) is 1.95. The molecular weight excluding hydrogens is 344 g/mol. The summed E-state index contributed by atoms with van der Waals surface area (Å²) in [5.41, 5.74) is 4.00. The van der Waals surface area contributed by atoms with E-state index in [9.17, 15) is 4.79 Å². The lowest BCUT2D eigenvalue weighted by atomic mass is 10.2. The van der Waals surface area contributed by atoms with Gasteiger partial charge in [-0.1, -0.05) is 23.7 Å². The molecule has 0 aliphatic carbocycles. The van der Waals surface area contributed by atoms with Gasteiger partial charge in [-0.15, -0.1) is 0 Å². The summed E-state index contributed by atoms with van der Waals surface area (Å²) < 4.78 is 15.8. The second kappa shape index (κ2) is 9.54. The van der Waals surface area contributed by atoms with Crippen LogP contribution in [0.1, 0.15) is 18.1 Å². The summed E-state index contributed by atoms with van der Waals surface area (Å²) in [4.78, 5) is 11.2. The molecule has 0 unspecified atom stereocenters. The maximum Gasteiger partial charge on any atom is 0.427 e. The Morgan fingerprint density at radius 3 is 2.64 bits per heavy atom. The molecule has 0 atom stereocenters. The van der Waals surface area contributed by atoms with Crippen LogP contribution >= 0.6 is 11.6 Å². The van der Waals surface area contributed by atoms with Crippen LogP contribution in [0.3, 0.4) is 0 Å². The van der Waals surface area contributed by atoms with E-state index >= 15 is 0 Å². The molecule has 2 aromatic carbocycles. The van der Waals surface area contributed by atoms with Gasteiger partial charge in [-0.05, 0) is 48.4 Å². The Balaban J connectivity index is 1.99. The largest absolute Gasteiger partial charge is 0.493 e. The molecule has 0 heterocycles. The first-order valence-electron chi connectivity index (χ1n) is 7.63. The number of hydrogen-bond acceptors (Lipinski definition) is 5. The van der Waals surface area contributed by atoms with Gasteiger partial charge in [0.1, 0.15) is 6.61 Å². The Labute approximate surface area is 151 Å². The number of carbonyl (C=O) groups excluding carboxylic acids is 1. The van der Waals surface area contributed by atoms with Gasteiger partial charge in [0.2, 0.25) is 0 Å². The van der Waals surface area contributed by atoms with E-state index in [1.165, 1.54) is 6.21 Å². The molecule has 0 bridgehead atoms. The van der Waals surface area contributed by atoms with Crippen LogP contribution in [-0.2, 0) is 11.3 Å². The molecule has 2 aromatic rings. The summed E-state index contributed by atoms with van der Waals surface area (Å²) in [7, 11) is 1.56. The number of benzene rings is 2. The van der Waals surface area contributed by atoms with E-state index in [2.05, 4.69) is 10.5 Å². The van der Waals surface area contributed by atoms with E-state index < -0.39 is 6.09 Å². The minimum atomic E-state index is -0.603. The molecule has 0 radical (unpaired) electrons. The van der Waals surface area contributed by atoms with Gasteiger partial charge in [0.05, 0.1) is 19.9 Å². The van der Waals surface area contributed by atoms with Crippen LogP contribution in [0.4, 0.5) is 4.79 Å². The molecular formula is C18H19ClN2O4. The third-order valence-corrected chi connectivity index (χ3v) is 3.39. The van der Waals surface area contributed by atoms with Crippen molar-refractivity contribution in [3.63, 3.8) is 0 Å². The fraction of sp³-hybridized carbons (Fsp3) is 0.222. The van der Waals surface area contributed by atoms with Gasteiger partial charge in [0.15, 0.2) is 11.5 Å². The van der Waals surface area contributed by atoms with Gasteiger partial charge in [-0.3, -0.25) is 0 Å². The van der Waals surface area contributed by atoms with Crippen molar-refractivity contribution in [2.45, 2.75) is 13.5 Å². The highest BCUT2D eigenvalue weighted by atomic mass is 35.5. The van der Waals surface area contributed by atoms with Gasteiger partial charge < -0.3 is 14.2 Å². The minimum Gasteiger partial charge on any atom is -0.493 e. The summed E-state index contributed by atoms with van der Waals surface area (Å²) in [6, 6.07) is 12.8. The van der Waals surface area contributed by atoms with E-state index in [1.54, 1.807) is 32.2 Å². The zero-order valence-electron chi connectivity index (χ0n) is 14.0. The van der Waals surface area contributed by atoms with E-state index in [4.69, 9.17) is 25.8 Å². The molecule has 0 saturated heterocycles. The Kier molecular flexibility index (Phi) is 7.10. The van der Waals surface area contributed by atoms with Crippen molar-refractivity contribution in [3.8, 4) is 11.5 Å². The van der Waals surface area contributed by atoms with Gasteiger partial charge in [-0.25, -0.2) is 10.2 Å². The molecule has 1 N–H and O–H groups in total. The average Bonchev–Trinajstić information content (AvgIpc) is 2.62. The molecule has 25 heavy (non-hydrogen) atoms. The Morgan fingerprint density at radius 2 is 1.96 bits per heavy atom. The van der Waals surface area contributed by atoms with Crippen LogP contribution in [0.2, 0.25) is 5.02 Å². The van der Waals surface area contributed by atoms with Crippen LogP contribution in [0.15, 0.2) is 47.6 Å². The number of halogens is 1. The first-order chi connectivity index (χ1) is 12.1. The molecule has 0 aliphatic heterocycles. The monoisotopic (exact) mass is 362 g/mol. The highest BCUT2D eigenvalue weighted by molar-refractivity contribution is 6.30. The minimum absolute atomic E-state index is 0.287. The van der Waals surface area contributed by atoms with E-state index in [0.717, 1.165) is 11.1 Å². The van der Waals surface area contributed by atoms with E-state index in [-0.39, 0.29) is 6.61 Å². The Bertz CT molecular complexity index is 732. The lowest BCUT2D eigenvalue weighted by molar-refractivity contribution is 0.152. The van der Waals surface area contributed by atoms with Crippen molar-refractivity contribution in [3.05, 3.63) is 58.6 Å². The molecule has 7 heteroatoms. The van der Waals surface area contributed by atoms with Crippen molar-refractivity contribution in [1.29, 1.82) is 0 Å². The van der Waals surface area contributed by atoms with Crippen molar-refractivity contribution in [2.75, 3.05) is 13.7 Å². The van der Waals surface area contributed by atoms with Gasteiger partial charge in [0, 0.05) is 5.02 Å². The van der Waals surface area contributed by atoms with Gasteiger partial charge in [0.25, 0.3) is 0 Å². The fourth-order valence-corrected chi connectivity index (χ4v) is 2.07. The number of methoxy groups -OCH3 is 1. The lowest BCUT2D eigenvalue weighted by Crippen LogP contribution is -2.18. The first-order valence-corrected chi connectivity index (χ1v) is 8.01. The highest BCUT2D eigenvalue weighted by Crippen LogP contribution is 2.28. The molecule has 6 nitrogen and oxygen atoms in total. The summed E-state index contributed by atoms with van der Waals surface area (Å²) in [5, 5.41) is 4.49. The number of carbonyl (C=O) groups is 1. The second-order valence-electron chi connectivity index (χ2n) is 4.92. The molecule has 2 rings (SSSR count). The maximum absolute atomic E-state index is 11.2. The predicted molar refractivity (Wildman–Crippen MR) is 96.5 cm³/mol. The van der Waals surface area contributed by atoms with Crippen LogP contribution < -0.4 is 14.9 Å². The summed E-state index contributed by atoms with van der Waals surface area (Å²) >= 11 is 5.87. The number of rotatable bonds is 7. The van der Waals surface area contributed by atoms with Crippen molar-refractivity contribution in [1.82, 2.24) is 5.43 Å². The number of hydrogen-bond donors (Lipinski definition) is 1. The van der Waals surface area contributed by atoms with Gasteiger partial charge >= 0.3 is 6.09 Å². The number of ether oxygens (including phenoxy) is 3. The predicted octanol–water partition coefficient (Wildman–Crippen LogP) is 4.01. The number of amides is 1. The zero-order chi connectivity index (χ0) is 18.1. The van der Waals surface area contributed by atoms with Crippen LogP contribution in [0.25, 0.3) is 0 Å². The number of hydrazone groups is 1. The SMILES string of the molecule is CCOC(=O)N/N=C\c1ccc(OCc2ccc(Cl)cc2)c(OC)c1. The summed E-state index contributed by atoms with van der Waals surface area (Å²) in [5.74, 6) is 1.17. The Hall–Kier alpha value is -2.73. The van der Waals surface area contributed by atoms with E-state index in [1.807, 2.05) is 24.3 Å². The highest BCUT2D eigenvalue weighted by Gasteiger charge is 2.06. The summed E-state index contributed by atoms with van der Waals surface area (Å²) in [6.07, 6.45) is 0.885. The zero-order valence-corrected chi connectivity index (χ0v) is 14.7. The van der Waals surface area contributed by atoms with Crippen LogP contribution in [-0.4, -0.2) is 26.0 Å². The molecule has 1 amide bonds. The molecule has 0 aromatic heterocycles. The third kappa shape index (κ3) is 6.00. The molecule has 132 valence electrons. The lowest BCUT2D eigenvalue weighted by Gasteiger charge is -2.11. The molecule has 0 saturated carbocycles. The standard InChI is InChI=1S/C18H19ClN2O4/c1-3-24-18(22)21-20-11-14-6-9-16(17(10-14)23-2)25-12-13-4-7-15(19)8-5-13/h4-11H,3,12H2,1-2H3,(H,21,22)/b20-11-. The normalized spacial score (nSPS) is 10.5. The van der Waals surface area contributed by atoms with Crippen LogP contribution in [0, 0.1) is 0 Å². The topological polar surface area (TPSA) is 69.2 Å². The average molecular weight is 363 g/mol.